The van der Waals surface area contributed by atoms with Gasteiger partial charge in [-0.1, -0.05) is 6.07 Å². The summed E-state index contributed by atoms with van der Waals surface area (Å²) in [6, 6.07) is 2.63. The lowest BCUT2D eigenvalue weighted by Gasteiger charge is -2.15. The van der Waals surface area contributed by atoms with Gasteiger partial charge >= 0.3 is 5.97 Å². The first-order valence-electron chi connectivity index (χ1n) is 9.56. The van der Waals surface area contributed by atoms with Crippen molar-refractivity contribution >= 4 is 17.0 Å². The summed E-state index contributed by atoms with van der Waals surface area (Å²) in [5.74, 6) is -2.84. The van der Waals surface area contributed by atoms with Gasteiger partial charge in [-0.05, 0) is 25.8 Å². The molecule has 1 aromatic carbocycles. The Balaban J connectivity index is 1.67. The smallest absolute Gasteiger partial charge is 0.338 e. The fraction of sp³-hybridized carbons (Fsp3) is 0.250. The van der Waals surface area contributed by atoms with Crippen molar-refractivity contribution in [3.05, 3.63) is 59.0 Å². The van der Waals surface area contributed by atoms with Gasteiger partial charge < -0.3 is 10.2 Å². The van der Waals surface area contributed by atoms with Gasteiger partial charge in [0.15, 0.2) is 0 Å². The van der Waals surface area contributed by atoms with Gasteiger partial charge in [0, 0.05) is 23.7 Å². The summed E-state index contributed by atoms with van der Waals surface area (Å²) in [5.41, 5.74) is 1.38. The van der Waals surface area contributed by atoms with Gasteiger partial charge in [-0.3, -0.25) is 4.68 Å². The minimum atomic E-state index is -1.15. The highest BCUT2D eigenvalue weighted by atomic mass is 19.1. The van der Waals surface area contributed by atoms with E-state index in [9.17, 15) is 18.7 Å². The second-order valence-corrected chi connectivity index (χ2v) is 7.47. The third-order valence-electron chi connectivity index (χ3n) is 5.32. The Bertz CT molecular complexity index is 1340. The zero-order valence-electron chi connectivity index (χ0n) is 16.2. The summed E-state index contributed by atoms with van der Waals surface area (Å²) in [4.78, 5) is 19.6. The molecule has 0 aliphatic heterocycles. The van der Waals surface area contributed by atoms with Crippen LogP contribution in [0.3, 0.4) is 0 Å². The van der Waals surface area contributed by atoms with Crippen LogP contribution >= 0.6 is 0 Å². The maximum absolute atomic E-state index is 14.4. The van der Waals surface area contributed by atoms with Crippen LogP contribution in [0, 0.1) is 11.6 Å². The standard InChI is InChI=1S/C20H16F2N6O3/c1-9(13-5-4-12(21)6-14(13)22)28-17-16(15(26-28)10-2-3-10)24-20(25-18(17)29)27-8-11(7-23-27)19(30)31/h4-10H,2-3H2,1H3,(H,30,31)(H,24,25,29)/t9-/m0/s1. The van der Waals surface area contributed by atoms with Crippen molar-refractivity contribution < 1.29 is 23.8 Å². The first-order valence-corrected chi connectivity index (χ1v) is 9.56. The summed E-state index contributed by atoms with van der Waals surface area (Å²) in [5, 5.41) is 28.3. The highest BCUT2D eigenvalue weighted by Gasteiger charge is 2.33. The van der Waals surface area contributed by atoms with E-state index in [1.54, 1.807) is 6.92 Å². The summed E-state index contributed by atoms with van der Waals surface area (Å²) in [6.07, 6.45) is 4.19. The lowest BCUT2D eigenvalue weighted by atomic mass is 10.1. The molecule has 158 valence electrons. The molecule has 0 bridgehead atoms. The summed E-state index contributed by atoms with van der Waals surface area (Å²) < 4.78 is 30.3. The number of aromatic carboxylic acids is 1. The first-order chi connectivity index (χ1) is 14.8. The number of carboxylic acids is 1. The van der Waals surface area contributed by atoms with Crippen LogP contribution in [-0.2, 0) is 0 Å². The number of carbonyl (C=O) groups is 1. The molecule has 31 heavy (non-hydrogen) atoms. The predicted octanol–water partition coefficient (Wildman–Crippen LogP) is 3.18. The Hall–Kier alpha value is -3.89. The number of rotatable bonds is 5. The van der Waals surface area contributed by atoms with Crippen LogP contribution in [0.25, 0.3) is 17.0 Å². The molecule has 5 rings (SSSR count). The first kappa shape index (κ1) is 19.1. The molecule has 0 spiro atoms. The summed E-state index contributed by atoms with van der Waals surface area (Å²) in [6.45, 7) is 1.68. The Morgan fingerprint density at radius 1 is 1.26 bits per heavy atom. The second kappa shape index (κ2) is 6.83. The maximum atomic E-state index is 14.4. The van der Waals surface area contributed by atoms with Gasteiger partial charge in [0.1, 0.15) is 22.7 Å². The van der Waals surface area contributed by atoms with E-state index < -0.39 is 29.5 Å². The van der Waals surface area contributed by atoms with Crippen LogP contribution in [0.15, 0.2) is 30.6 Å². The number of hydrogen-bond donors (Lipinski definition) is 2. The molecule has 2 N–H and O–H groups in total. The van der Waals surface area contributed by atoms with E-state index >= 15 is 0 Å². The van der Waals surface area contributed by atoms with E-state index in [0.717, 1.165) is 35.9 Å². The number of nitrogens with zero attached hydrogens (tertiary/aromatic N) is 6. The van der Waals surface area contributed by atoms with Crippen molar-refractivity contribution in [2.75, 3.05) is 0 Å². The van der Waals surface area contributed by atoms with Crippen LogP contribution in [0.2, 0.25) is 0 Å². The lowest BCUT2D eigenvalue weighted by Crippen LogP contribution is -2.11. The van der Waals surface area contributed by atoms with Gasteiger partial charge in [0.2, 0.25) is 5.88 Å². The molecule has 3 heterocycles. The Kier molecular flexibility index (Phi) is 4.20. The van der Waals surface area contributed by atoms with E-state index in [0.29, 0.717) is 11.2 Å². The zero-order chi connectivity index (χ0) is 21.9. The van der Waals surface area contributed by atoms with Gasteiger partial charge in [-0.25, -0.2) is 23.2 Å². The van der Waals surface area contributed by atoms with Crippen molar-refractivity contribution in [2.45, 2.75) is 31.7 Å². The van der Waals surface area contributed by atoms with Gasteiger partial charge in [0.25, 0.3) is 5.95 Å². The van der Waals surface area contributed by atoms with Crippen molar-refractivity contribution in [1.82, 2.24) is 29.5 Å². The van der Waals surface area contributed by atoms with Gasteiger partial charge in [-0.15, -0.1) is 0 Å². The van der Waals surface area contributed by atoms with Crippen molar-refractivity contribution in [3.8, 4) is 11.8 Å². The largest absolute Gasteiger partial charge is 0.492 e. The van der Waals surface area contributed by atoms with E-state index in [1.165, 1.54) is 16.9 Å². The molecule has 11 heteroatoms. The number of halogens is 2. The van der Waals surface area contributed by atoms with Gasteiger partial charge in [0.05, 0.1) is 23.5 Å². The Labute approximate surface area is 173 Å². The van der Waals surface area contributed by atoms with Crippen molar-refractivity contribution in [3.63, 3.8) is 0 Å². The number of aromatic hydroxyl groups is 1. The summed E-state index contributed by atoms with van der Waals surface area (Å²) in [7, 11) is 0. The molecule has 1 saturated carbocycles. The minimum absolute atomic E-state index is 0.0143. The molecular formula is C20H16F2N6O3. The number of carboxylic acid groups (broad SMARTS) is 1. The third-order valence-corrected chi connectivity index (χ3v) is 5.32. The van der Waals surface area contributed by atoms with Crippen molar-refractivity contribution in [2.24, 2.45) is 0 Å². The van der Waals surface area contributed by atoms with E-state index in [-0.39, 0.29) is 28.5 Å². The van der Waals surface area contributed by atoms with Crippen LogP contribution in [0.1, 0.15) is 53.3 Å². The second-order valence-electron chi connectivity index (χ2n) is 7.47. The van der Waals surface area contributed by atoms with Crippen LogP contribution < -0.4 is 0 Å². The number of hydrogen-bond acceptors (Lipinski definition) is 6. The number of aromatic nitrogens is 6. The van der Waals surface area contributed by atoms with Gasteiger partial charge in [-0.2, -0.15) is 15.2 Å². The molecule has 0 unspecified atom stereocenters. The van der Waals surface area contributed by atoms with Crippen molar-refractivity contribution in [1.29, 1.82) is 0 Å². The van der Waals surface area contributed by atoms with E-state index in [4.69, 9.17) is 5.11 Å². The van der Waals surface area contributed by atoms with Crippen LogP contribution in [-0.4, -0.2) is 45.7 Å². The predicted molar refractivity (Wildman–Crippen MR) is 103 cm³/mol. The quantitative estimate of drug-likeness (QED) is 0.503. The molecule has 1 aliphatic carbocycles. The average molecular weight is 426 g/mol. The van der Waals surface area contributed by atoms with Crippen LogP contribution in [0.4, 0.5) is 8.78 Å². The molecule has 0 radical (unpaired) electrons. The molecule has 0 saturated heterocycles. The normalized spacial score (nSPS) is 14.8. The SMILES string of the molecule is C[C@@H](c1ccc(F)cc1F)n1nc(C2CC2)c2nc(-n3cc(C(=O)O)cn3)nc(O)c21. The summed E-state index contributed by atoms with van der Waals surface area (Å²) >= 11 is 0. The highest BCUT2D eigenvalue weighted by molar-refractivity contribution is 5.87. The fourth-order valence-corrected chi connectivity index (χ4v) is 3.56. The molecule has 1 aliphatic rings. The molecule has 9 nitrogen and oxygen atoms in total. The molecular weight excluding hydrogens is 410 g/mol. The highest BCUT2D eigenvalue weighted by Crippen LogP contribution is 2.44. The van der Waals surface area contributed by atoms with E-state index in [1.807, 2.05) is 0 Å². The van der Waals surface area contributed by atoms with E-state index in [2.05, 4.69) is 20.2 Å². The number of fused-ring (bicyclic) bond motifs is 1. The Morgan fingerprint density at radius 3 is 2.68 bits per heavy atom. The fourth-order valence-electron chi connectivity index (χ4n) is 3.56. The lowest BCUT2D eigenvalue weighted by molar-refractivity contribution is 0.0697. The van der Waals surface area contributed by atoms with Crippen LogP contribution in [0.5, 0.6) is 5.88 Å². The third kappa shape index (κ3) is 3.18. The molecule has 0 amide bonds. The zero-order valence-corrected chi connectivity index (χ0v) is 16.2. The Morgan fingerprint density at radius 2 is 2.03 bits per heavy atom. The minimum Gasteiger partial charge on any atom is -0.492 e. The molecule has 4 aromatic rings. The monoisotopic (exact) mass is 426 g/mol. The molecule has 1 fully saturated rings. The average Bonchev–Trinajstić information content (AvgIpc) is 3.30. The molecule has 3 aromatic heterocycles. The molecule has 1 atom stereocenters. The number of benzene rings is 1. The maximum Gasteiger partial charge on any atom is 0.338 e. The topological polar surface area (TPSA) is 119 Å².